The van der Waals surface area contributed by atoms with Crippen LogP contribution in [-0.2, 0) is 19.1 Å². The molecule has 0 heterocycles. The smallest absolute Gasteiger partial charge is 0.333 e. The van der Waals surface area contributed by atoms with Crippen LogP contribution < -0.4 is 19.9 Å². The van der Waals surface area contributed by atoms with Crippen LogP contribution in [0.25, 0.3) is 0 Å². The van der Waals surface area contributed by atoms with Crippen molar-refractivity contribution in [1.29, 1.82) is 0 Å². The van der Waals surface area contributed by atoms with E-state index in [2.05, 4.69) is 39.0 Å². The van der Waals surface area contributed by atoms with Gasteiger partial charge in [-0.1, -0.05) is 13.2 Å². The van der Waals surface area contributed by atoms with E-state index in [-0.39, 0.29) is 32.1 Å². The lowest BCUT2D eigenvalue weighted by Crippen LogP contribution is -2.24. The number of halogens is 1. The highest BCUT2D eigenvalue weighted by atomic mass is 19.1. The third-order valence-corrected chi connectivity index (χ3v) is 6.90. The Bertz CT molecular complexity index is 1890. The number of carbonyl (C=O) groups excluding carboxylic acids is 2. The lowest BCUT2D eigenvalue weighted by atomic mass is 10.2. The van der Waals surface area contributed by atoms with Gasteiger partial charge in [-0.2, -0.15) is 15.3 Å². The van der Waals surface area contributed by atoms with Gasteiger partial charge in [-0.25, -0.2) is 14.0 Å². The molecule has 4 rings (SSSR count). The standard InChI is InChI=1S/C38H39FN6O6/c1-25(2)37(46)50-21-19-48-32-15-9-29(10-16-32)40-42-35-24-34(39)36(23-27(35)5)43-41-28-7-13-31(14-8-28)45(6)44-30-11-17-33(18-12-30)49-20-22-51-38(47)26(3)4/h7-18,23-24,44H,1,3,19-22H2,2,4-6H3. The van der Waals surface area contributed by atoms with E-state index in [0.29, 0.717) is 45.3 Å². The molecule has 13 heteroatoms. The number of benzene rings is 4. The van der Waals surface area contributed by atoms with Gasteiger partial charge < -0.3 is 18.9 Å². The summed E-state index contributed by atoms with van der Waals surface area (Å²) in [5.41, 5.74) is 7.82. The lowest BCUT2D eigenvalue weighted by Gasteiger charge is -2.21. The third kappa shape index (κ3) is 11.9. The first-order chi connectivity index (χ1) is 24.5. The zero-order valence-electron chi connectivity index (χ0n) is 28.9. The van der Waals surface area contributed by atoms with Crippen LogP contribution in [0.2, 0.25) is 0 Å². The van der Waals surface area contributed by atoms with Crippen LogP contribution in [0.3, 0.4) is 0 Å². The molecule has 1 N–H and O–H groups in total. The monoisotopic (exact) mass is 694 g/mol. The van der Waals surface area contributed by atoms with Crippen molar-refractivity contribution >= 4 is 46.1 Å². The Labute approximate surface area is 295 Å². The number of aryl methyl sites for hydroxylation is 1. The van der Waals surface area contributed by atoms with Crippen LogP contribution in [0.4, 0.5) is 38.5 Å². The zero-order valence-corrected chi connectivity index (χ0v) is 28.9. The number of carbonyl (C=O) groups is 2. The number of nitrogens with one attached hydrogen (secondary N) is 1. The van der Waals surface area contributed by atoms with Crippen LogP contribution in [0, 0.1) is 12.7 Å². The Morgan fingerprint density at radius 2 is 1.16 bits per heavy atom. The second-order valence-electron chi connectivity index (χ2n) is 11.2. The molecule has 12 nitrogen and oxygen atoms in total. The van der Waals surface area contributed by atoms with Gasteiger partial charge in [0.25, 0.3) is 0 Å². The number of hydrogen-bond acceptors (Lipinski definition) is 12. The number of esters is 2. The summed E-state index contributed by atoms with van der Waals surface area (Å²) in [4.78, 5) is 22.8. The fraction of sp³-hybridized carbons (Fsp3) is 0.211. The molecular formula is C38H39FN6O6. The molecule has 51 heavy (non-hydrogen) atoms. The second kappa shape index (κ2) is 18.4. The quantitative estimate of drug-likeness (QED) is 0.0380. The summed E-state index contributed by atoms with van der Waals surface area (Å²) >= 11 is 0. The maximum absolute atomic E-state index is 14.9. The molecule has 0 fully saturated rings. The highest BCUT2D eigenvalue weighted by molar-refractivity contribution is 5.87. The summed E-state index contributed by atoms with van der Waals surface area (Å²) in [5.74, 6) is -0.282. The minimum atomic E-state index is -0.586. The summed E-state index contributed by atoms with van der Waals surface area (Å²) < 4.78 is 36.1. The van der Waals surface area contributed by atoms with Crippen molar-refractivity contribution in [3.63, 3.8) is 0 Å². The highest BCUT2D eigenvalue weighted by Crippen LogP contribution is 2.31. The number of nitrogens with zero attached hydrogens (tertiary/aromatic N) is 5. The molecule has 0 atom stereocenters. The van der Waals surface area contributed by atoms with Gasteiger partial charge in [-0.05, 0) is 105 Å². The largest absolute Gasteiger partial charge is 0.490 e. The Kier molecular flexibility index (Phi) is 13.5. The van der Waals surface area contributed by atoms with E-state index in [9.17, 15) is 14.0 Å². The number of azo groups is 2. The van der Waals surface area contributed by atoms with Gasteiger partial charge in [0.1, 0.15) is 43.6 Å². The highest BCUT2D eigenvalue weighted by Gasteiger charge is 2.09. The number of ether oxygens (including phenoxy) is 4. The predicted octanol–water partition coefficient (Wildman–Crippen LogP) is 9.42. The van der Waals surface area contributed by atoms with E-state index in [1.54, 1.807) is 63.2 Å². The van der Waals surface area contributed by atoms with Crippen molar-refractivity contribution in [2.45, 2.75) is 20.8 Å². The first kappa shape index (κ1) is 37.4. The van der Waals surface area contributed by atoms with Gasteiger partial charge >= 0.3 is 11.9 Å². The third-order valence-electron chi connectivity index (χ3n) is 6.90. The van der Waals surface area contributed by atoms with Gasteiger partial charge in [-0.3, -0.25) is 10.4 Å². The van der Waals surface area contributed by atoms with Crippen molar-refractivity contribution in [1.82, 2.24) is 0 Å². The number of rotatable bonds is 17. The van der Waals surface area contributed by atoms with Crippen LogP contribution >= 0.6 is 0 Å². The Hall–Kier alpha value is -6.37. The molecule has 0 radical (unpaired) electrons. The summed E-state index contributed by atoms with van der Waals surface area (Å²) in [6.07, 6.45) is 0. The minimum Gasteiger partial charge on any atom is -0.490 e. The van der Waals surface area contributed by atoms with Crippen molar-refractivity contribution < 1.29 is 32.9 Å². The molecule has 0 unspecified atom stereocenters. The predicted molar refractivity (Wildman–Crippen MR) is 193 cm³/mol. The average molecular weight is 695 g/mol. The summed E-state index contributed by atoms with van der Waals surface area (Å²) in [6.45, 7) is 12.7. The molecule has 4 aromatic rings. The van der Waals surface area contributed by atoms with E-state index in [1.807, 2.05) is 48.5 Å². The summed E-state index contributed by atoms with van der Waals surface area (Å²) in [7, 11) is 1.87. The van der Waals surface area contributed by atoms with Gasteiger partial charge in [0.15, 0.2) is 5.82 Å². The molecule has 0 spiro atoms. The summed E-state index contributed by atoms with van der Waals surface area (Å²) in [5, 5.41) is 18.5. The topological polar surface area (TPSA) is 136 Å². The maximum Gasteiger partial charge on any atom is 0.333 e. The molecular weight excluding hydrogens is 655 g/mol. The number of anilines is 2. The molecule has 0 aliphatic rings. The molecule has 0 bridgehead atoms. The van der Waals surface area contributed by atoms with Gasteiger partial charge in [-0.15, -0.1) is 5.11 Å². The number of hydrogen-bond donors (Lipinski definition) is 1. The molecule has 0 saturated heterocycles. The van der Waals surface area contributed by atoms with Gasteiger partial charge in [0.05, 0.1) is 28.4 Å². The maximum atomic E-state index is 14.9. The fourth-order valence-corrected chi connectivity index (χ4v) is 4.13. The Morgan fingerprint density at radius 3 is 1.67 bits per heavy atom. The SMILES string of the molecule is C=C(C)C(=O)OCCOc1ccc(N=Nc2cc(F)c(N=Nc3ccc(N(C)Nc4ccc(OCCOC(=O)C(=C)C)cc4)cc3)cc2C)cc1. The first-order valence-electron chi connectivity index (χ1n) is 15.8. The van der Waals surface area contributed by atoms with E-state index in [1.165, 1.54) is 6.07 Å². The van der Waals surface area contributed by atoms with Crippen LogP contribution in [-0.4, -0.2) is 45.4 Å². The molecule has 0 saturated carbocycles. The first-order valence-corrected chi connectivity index (χ1v) is 15.8. The Balaban J connectivity index is 1.26. The molecule has 0 amide bonds. The van der Waals surface area contributed by atoms with Crippen LogP contribution in [0.1, 0.15) is 19.4 Å². The van der Waals surface area contributed by atoms with Gasteiger partial charge in [0.2, 0.25) is 0 Å². The second-order valence-corrected chi connectivity index (χ2v) is 11.2. The van der Waals surface area contributed by atoms with Crippen molar-refractivity contribution in [3.8, 4) is 11.5 Å². The van der Waals surface area contributed by atoms with E-state index < -0.39 is 17.8 Å². The molecule has 0 aliphatic carbocycles. The molecule has 264 valence electrons. The molecule has 0 aliphatic heterocycles. The minimum absolute atomic E-state index is 0.0741. The van der Waals surface area contributed by atoms with E-state index in [4.69, 9.17) is 18.9 Å². The van der Waals surface area contributed by atoms with Crippen LogP contribution in [0.15, 0.2) is 130 Å². The van der Waals surface area contributed by atoms with Crippen molar-refractivity contribution in [2.24, 2.45) is 20.5 Å². The zero-order chi connectivity index (χ0) is 36.8. The molecule has 4 aromatic carbocycles. The fourth-order valence-electron chi connectivity index (χ4n) is 4.13. The van der Waals surface area contributed by atoms with E-state index >= 15 is 0 Å². The normalized spacial score (nSPS) is 10.9. The summed E-state index contributed by atoms with van der Waals surface area (Å²) in [6, 6.07) is 24.3. The average Bonchev–Trinajstić information content (AvgIpc) is 3.12. The van der Waals surface area contributed by atoms with Crippen molar-refractivity contribution in [2.75, 3.05) is 43.9 Å². The lowest BCUT2D eigenvalue weighted by molar-refractivity contribution is -0.140. The Morgan fingerprint density at radius 1 is 0.686 bits per heavy atom. The van der Waals surface area contributed by atoms with E-state index in [0.717, 1.165) is 11.4 Å². The van der Waals surface area contributed by atoms with Crippen molar-refractivity contribution in [3.05, 3.63) is 121 Å². The van der Waals surface area contributed by atoms with Gasteiger partial charge in [0, 0.05) is 24.3 Å². The van der Waals surface area contributed by atoms with Crippen LogP contribution in [0.5, 0.6) is 11.5 Å². The number of hydrazine groups is 1. The molecule has 0 aromatic heterocycles.